The lowest BCUT2D eigenvalue weighted by molar-refractivity contribution is -0.149. The van der Waals surface area contributed by atoms with Crippen LogP contribution in [0.15, 0.2) is 0 Å². The molecule has 2 aliphatic rings. The lowest BCUT2D eigenvalue weighted by Crippen LogP contribution is -2.41. The third kappa shape index (κ3) is 3.83. The van der Waals surface area contributed by atoms with Crippen LogP contribution in [0.5, 0.6) is 0 Å². The predicted octanol–water partition coefficient (Wildman–Crippen LogP) is 2.24. The van der Waals surface area contributed by atoms with Crippen molar-refractivity contribution in [2.45, 2.75) is 64.3 Å². The molecule has 1 heterocycles. The fourth-order valence-electron chi connectivity index (χ4n) is 3.72. The Morgan fingerprint density at radius 2 is 1.76 bits per heavy atom. The number of Topliss-reactive ketones (excluding diaryl/α,β-unsaturated/α-hetero) is 1. The van der Waals surface area contributed by atoms with E-state index in [9.17, 15) is 19.5 Å². The molecule has 1 saturated heterocycles. The fourth-order valence-corrected chi connectivity index (χ4v) is 3.72. The van der Waals surface area contributed by atoms with E-state index in [2.05, 4.69) is 0 Å². The number of carboxylic acids is 1. The maximum Gasteiger partial charge on any atom is 0.326 e. The molecule has 5 nitrogen and oxygen atoms in total. The Bertz CT molecular complexity index is 415. The van der Waals surface area contributed by atoms with Gasteiger partial charge in [0, 0.05) is 13.0 Å². The van der Waals surface area contributed by atoms with E-state index in [0.29, 0.717) is 25.3 Å². The number of amides is 1. The van der Waals surface area contributed by atoms with E-state index in [0.717, 1.165) is 12.8 Å². The fraction of sp³-hybridized carbons (Fsp3) is 0.812. The molecule has 0 aromatic carbocycles. The summed E-state index contributed by atoms with van der Waals surface area (Å²) in [6.45, 7) is 2.23. The van der Waals surface area contributed by atoms with Crippen LogP contribution in [-0.4, -0.2) is 40.3 Å². The van der Waals surface area contributed by atoms with E-state index in [1.165, 1.54) is 24.2 Å². The molecule has 21 heavy (non-hydrogen) atoms. The van der Waals surface area contributed by atoms with E-state index >= 15 is 0 Å². The van der Waals surface area contributed by atoms with Gasteiger partial charge in [0.2, 0.25) is 5.91 Å². The van der Waals surface area contributed by atoms with E-state index in [1.54, 1.807) is 6.92 Å². The van der Waals surface area contributed by atoms with Gasteiger partial charge >= 0.3 is 5.97 Å². The Balaban J connectivity index is 2.02. The second kappa shape index (κ2) is 7.05. The molecule has 2 atom stereocenters. The topological polar surface area (TPSA) is 74.7 Å². The van der Waals surface area contributed by atoms with Crippen molar-refractivity contribution >= 4 is 17.7 Å². The zero-order valence-electron chi connectivity index (χ0n) is 12.7. The summed E-state index contributed by atoms with van der Waals surface area (Å²) in [6.07, 6.45) is 6.69. The van der Waals surface area contributed by atoms with Crippen molar-refractivity contribution in [1.82, 2.24) is 4.90 Å². The minimum atomic E-state index is -0.939. The molecule has 0 radical (unpaired) electrons. The third-order valence-electron chi connectivity index (χ3n) is 5.00. The smallest absolute Gasteiger partial charge is 0.326 e. The van der Waals surface area contributed by atoms with Crippen LogP contribution in [0, 0.1) is 11.8 Å². The Morgan fingerprint density at radius 1 is 1.10 bits per heavy atom. The van der Waals surface area contributed by atoms with Gasteiger partial charge in [-0.15, -0.1) is 0 Å². The first-order chi connectivity index (χ1) is 10.0. The van der Waals surface area contributed by atoms with Crippen molar-refractivity contribution in [2.75, 3.05) is 6.54 Å². The quantitative estimate of drug-likeness (QED) is 0.789. The molecule has 0 aromatic rings. The maximum absolute atomic E-state index is 12.2. The van der Waals surface area contributed by atoms with E-state index in [-0.39, 0.29) is 24.0 Å². The first-order valence-corrected chi connectivity index (χ1v) is 8.07. The Morgan fingerprint density at radius 3 is 2.33 bits per heavy atom. The number of hydrogen-bond acceptors (Lipinski definition) is 3. The van der Waals surface area contributed by atoms with Gasteiger partial charge in [0.15, 0.2) is 0 Å². The zero-order chi connectivity index (χ0) is 15.4. The normalized spacial score (nSPS) is 26.8. The minimum Gasteiger partial charge on any atom is -0.480 e. The number of nitrogens with zero attached hydrogens (tertiary/aromatic N) is 1. The molecule has 1 N–H and O–H groups in total. The zero-order valence-corrected chi connectivity index (χ0v) is 12.7. The monoisotopic (exact) mass is 295 g/mol. The van der Waals surface area contributed by atoms with Gasteiger partial charge in [-0.3, -0.25) is 9.59 Å². The second-order valence-electron chi connectivity index (χ2n) is 6.36. The number of carbonyl (C=O) groups is 3. The van der Waals surface area contributed by atoms with Crippen LogP contribution in [0.3, 0.4) is 0 Å². The molecule has 1 amide bonds. The summed E-state index contributed by atoms with van der Waals surface area (Å²) >= 11 is 0. The van der Waals surface area contributed by atoms with Crippen molar-refractivity contribution in [3.8, 4) is 0 Å². The number of hydrogen-bond donors (Lipinski definition) is 1. The average molecular weight is 295 g/mol. The third-order valence-corrected chi connectivity index (χ3v) is 5.00. The summed E-state index contributed by atoms with van der Waals surface area (Å²) in [6, 6.07) is -0.742. The summed E-state index contributed by atoms with van der Waals surface area (Å²) in [5.41, 5.74) is 0. The van der Waals surface area contributed by atoms with Crippen LogP contribution >= 0.6 is 0 Å². The van der Waals surface area contributed by atoms with Crippen LogP contribution in [0.2, 0.25) is 0 Å². The van der Waals surface area contributed by atoms with Gasteiger partial charge in [0.05, 0.1) is 6.42 Å². The lowest BCUT2D eigenvalue weighted by atomic mass is 9.79. The highest BCUT2D eigenvalue weighted by Crippen LogP contribution is 2.37. The molecular weight excluding hydrogens is 270 g/mol. The molecule has 0 aromatic heterocycles. The van der Waals surface area contributed by atoms with Gasteiger partial charge in [-0.25, -0.2) is 4.79 Å². The summed E-state index contributed by atoms with van der Waals surface area (Å²) in [5.74, 6) is -0.546. The minimum absolute atomic E-state index is 0.120. The lowest BCUT2D eigenvalue weighted by Gasteiger charge is -2.27. The van der Waals surface area contributed by atoms with E-state index < -0.39 is 12.0 Å². The molecule has 1 saturated carbocycles. The molecule has 0 bridgehead atoms. The molecule has 118 valence electrons. The van der Waals surface area contributed by atoms with Gasteiger partial charge in [-0.1, -0.05) is 39.0 Å². The molecule has 5 heteroatoms. The molecule has 1 unspecified atom stereocenters. The van der Waals surface area contributed by atoms with Crippen molar-refractivity contribution < 1.29 is 19.5 Å². The molecule has 1 aliphatic carbocycles. The molecular formula is C16H25NO4. The van der Waals surface area contributed by atoms with Crippen LogP contribution in [0.25, 0.3) is 0 Å². The number of carboxylic acid groups (broad SMARTS) is 1. The standard InChI is InChI=1S/C16H25NO4/c1-2-13(18)9-15(19)17-10-12(8-14(17)16(20)21)11-6-4-3-5-7-11/h11-12,14H,2-10H2,1H3,(H,20,21)/t12?,14-/m0/s1. The largest absolute Gasteiger partial charge is 0.480 e. The van der Waals surface area contributed by atoms with Gasteiger partial charge in [0.25, 0.3) is 0 Å². The predicted molar refractivity (Wildman–Crippen MR) is 77.7 cm³/mol. The number of rotatable bonds is 5. The van der Waals surface area contributed by atoms with Crippen molar-refractivity contribution in [1.29, 1.82) is 0 Å². The van der Waals surface area contributed by atoms with Gasteiger partial charge < -0.3 is 10.0 Å². The SMILES string of the molecule is CCC(=O)CC(=O)N1CC(C2CCCCC2)C[C@H]1C(=O)O. The maximum atomic E-state index is 12.2. The molecule has 0 spiro atoms. The highest BCUT2D eigenvalue weighted by molar-refractivity contribution is 5.99. The number of aliphatic carboxylic acids is 1. The van der Waals surface area contributed by atoms with Crippen molar-refractivity contribution in [3.05, 3.63) is 0 Å². The molecule has 2 fully saturated rings. The summed E-state index contributed by atoms with van der Waals surface area (Å²) in [5, 5.41) is 9.36. The second-order valence-corrected chi connectivity index (χ2v) is 6.36. The van der Waals surface area contributed by atoms with Crippen LogP contribution in [-0.2, 0) is 14.4 Å². The van der Waals surface area contributed by atoms with E-state index in [4.69, 9.17) is 0 Å². The Labute approximate surface area is 125 Å². The Hall–Kier alpha value is -1.39. The van der Waals surface area contributed by atoms with Crippen molar-refractivity contribution in [3.63, 3.8) is 0 Å². The number of likely N-dealkylation sites (tertiary alicyclic amines) is 1. The highest BCUT2D eigenvalue weighted by Gasteiger charge is 2.42. The number of carbonyl (C=O) groups excluding carboxylic acids is 2. The molecule has 2 rings (SSSR count). The van der Waals surface area contributed by atoms with Gasteiger partial charge in [-0.05, 0) is 18.3 Å². The van der Waals surface area contributed by atoms with Gasteiger partial charge in [-0.2, -0.15) is 0 Å². The van der Waals surface area contributed by atoms with E-state index in [1.807, 2.05) is 0 Å². The van der Waals surface area contributed by atoms with Crippen LogP contribution < -0.4 is 0 Å². The van der Waals surface area contributed by atoms with Gasteiger partial charge in [0.1, 0.15) is 11.8 Å². The number of ketones is 1. The van der Waals surface area contributed by atoms with Crippen LogP contribution in [0.4, 0.5) is 0 Å². The Kier molecular flexibility index (Phi) is 5.37. The highest BCUT2D eigenvalue weighted by atomic mass is 16.4. The molecule has 1 aliphatic heterocycles. The van der Waals surface area contributed by atoms with Crippen LogP contribution in [0.1, 0.15) is 58.3 Å². The summed E-state index contributed by atoms with van der Waals surface area (Å²) in [7, 11) is 0. The summed E-state index contributed by atoms with van der Waals surface area (Å²) < 4.78 is 0. The van der Waals surface area contributed by atoms with Crippen molar-refractivity contribution in [2.24, 2.45) is 11.8 Å². The first kappa shape index (κ1) is 16.0. The average Bonchev–Trinajstić information content (AvgIpc) is 2.93. The summed E-state index contributed by atoms with van der Waals surface area (Å²) in [4.78, 5) is 36.5. The first-order valence-electron chi connectivity index (χ1n) is 8.07.